The summed E-state index contributed by atoms with van der Waals surface area (Å²) in [5.41, 5.74) is 5.71. The molecule has 1 atom stereocenters. The molecule has 1 saturated carbocycles. The predicted molar refractivity (Wildman–Crippen MR) is 159 cm³/mol. The number of aromatic nitrogens is 1. The summed E-state index contributed by atoms with van der Waals surface area (Å²) in [7, 11) is 2.34. The Balaban J connectivity index is 0.00000304. The highest BCUT2D eigenvalue weighted by Gasteiger charge is 2.24. The Hall–Kier alpha value is -1.62. The highest BCUT2D eigenvalue weighted by atomic mass is 79.9. The van der Waals surface area contributed by atoms with Gasteiger partial charge in [-0.25, -0.2) is 0 Å². The van der Waals surface area contributed by atoms with Crippen LogP contribution < -0.4 is 5.32 Å². The molecule has 1 unspecified atom stereocenters. The molecular weight excluding hydrogens is 506 g/mol. The normalized spacial score (nSPS) is 18.4. The Morgan fingerprint density at radius 3 is 2.56 bits per heavy atom. The van der Waals surface area contributed by atoms with Gasteiger partial charge in [-0.05, 0) is 101 Å². The smallest absolute Gasteiger partial charge is 0.0484 e. The molecule has 2 fully saturated rings. The van der Waals surface area contributed by atoms with Gasteiger partial charge in [0.1, 0.15) is 0 Å². The first-order chi connectivity index (χ1) is 17.1. The van der Waals surface area contributed by atoms with Gasteiger partial charge in [0, 0.05) is 40.1 Å². The number of fused-ring (bicyclic) bond motifs is 1. The first kappa shape index (κ1) is 27.4. The van der Waals surface area contributed by atoms with Gasteiger partial charge in [0.05, 0.1) is 0 Å². The Bertz CT molecular complexity index is 1110. The van der Waals surface area contributed by atoms with Crippen LogP contribution >= 0.6 is 15.9 Å². The third-order valence-electron chi connectivity index (χ3n) is 8.58. The van der Waals surface area contributed by atoms with Crippen molar-refractivity contribution in [2.45, 2.75) is 84.2 Å². The average Bonchev–Trinajstić information content (AvgIpc) is 3.22. The second kappa shape index (κ2) is 12.8. The van der Waals surface area contributed by atoms with Crippen molar-refractivity contribution in [2.75, 3.05) is 26.7 Å². The molecule has 36 heavy (non-hydrogen) atoms. The summed E-state index contributed by atoms with van der Waals surface area (Å²) < 4.78 is 3.77. The third kappa shape index (κ3) is 6.44. The van der Waals surface area contributed by atoms with Crippen LogP contribution in [-0.4, -0.2) is 42.2 Å². The van der Waals surface area contributed by atoms with E-state index in [1.54, 1.807) is 0 Å². The first-order valence-electron chi connectivity index (χ1n) is 13.8. The minimum absolute atomic E-state index is 0. The minimum Gasteiger partial charge on any atom is -0.347 e. The quantitative estimate of drug-likeness (QED) is 0.304. The van der Waals surface area contributed by atoms with Crippen LogP contribution in [0.5, 0.6) is 0 Å². The fraction of sp³-hybridized carbons (Fsp3) is 0.562. The molecule has 0 spiro atoms. The number of nitrogens with zero attached hydrogens (tertiary/aromatic N) is 2. The summed E-state index contributed by atoms with van der Waals surface area (Å²) >= 11 is 3.78. The van der Waals surface area contributed by atoms with Gasteiger partial charge in [0.25, 0.3) is 0 Å². The molecule has 3 nitrogen and oxygen atoms in total. The highest BCUT2D eigenvalue weighted by Crippen LogP contribution is 2.38. The molecular formula is C32H46BrN3. The summed E-state index contributed by atoms with van der Waals surface area (Å²) in [4.78, 5) is 2.63. The molecule has 1 aliphatic heterocycles. The Labute approximate surface area is 227 Å². The number of halogens is 1. The van der Waals surface area contributed by atoms with E-state index in [0.29, 0.717) is 12.0 Å². The second-order valence-corrected chi connectivity index (χ2v) is 12.0. The van der Waals surface area contributed by atoms with Crippen molar-refractivity contribution < 1.29 is 0 Å². The lowest BCUT2D eigenvalue weighted by molar-refractivity contribution is 0.195. The fourth-order valence-electron chi connectivity index (χ4n) is 6.52. The molecule has 0 radical (unpaired) electrons. The zero-order valence-corrected chi connectivity index (χ0v) is 23.2. The van der Waals surface area contributed by atoms with E-state index in [9.17, 15) is 0 Å². The van der Waals surface area contributed by atoms with Crippen molar-refractivity contribution in [1.82, 2.24) is 14.8 Å². The van der Waals surface area contributed by atoms with Gasteiger partial charge in [-0.15, -0.1) is 0 Å². The van der Waals surface area contributed by atoms with Gasteiger partial charge in [-0.2, -0.15) is 0 Å². The van der Waals surface area contributed by atoms with Crippen LogP contribution in [0.2, 0.25) is 0 Å². The largest absolute Gasteiger partial charge is 0.347 e. The SMILES string of the molecule is C.Cc1cccc(C(CCN(C)C2CCNCC2)c2cn(CC3CCCCC3)c3ccc(Br)cc23)c1. The maximum Gasteiger partial charge on any atom is 0.0484 e. The molecule has 1 aliphatic carbocycles. The van der Waals surface area contributed by atoms with Gasteiger partial charge in [0.15, 0.2) is 0 Å². The molecule has 4 heteroatoms. The number of rotatable bonds is 8. The van der Waals surface area contributed by atoms with Gasteiger partial charge in [-0.3, -0.25) is 0 Å². The minimum atomic E-state index is 0. The molecule has 2 aliphatic rings. The van der Waals surface area contributed by atoms with Crippen molar-refractivity contribution >= 4 is 26.8 Å². The van der Waals surface area contributed by atoms with E-state index >= 15 is 0 Å². The van der Waals surface area contributed by atoms with Crippen LogP contribution in [-0.2, 0) is 6.54 Å². The number of benzene rings is 2. The average molecular weight is 553 g/mol. The topological polar surface area (TPSA) is 20.2 Å². The van der Waals surface area contributed by atoms with Gasteiger partial charge < -0.3 is 14.8 Å². The number of hydrogen-bond acceptors (Lipinski definition) is 2. The molecule has 1 N–H and O–H groups in total. The Kier molecular flexibility index (Phi) is 9.71. The lowest BCUT2D eigenvalue weighted by atomic mass is 9.87. The maximum absolute atomic E-state index is 3.78. The zero-order valence-electron chi connectivity index (χ0n) is 21.6. The maximum atomic E-state index is 3.78. The molecule has 2 heterocycles. The lowest BCUT2D eigenvalue weighted by Gasteiger charge is -2.32. The summed E-state index contributed by atoms with van der Waals surface area (Å²) in [6.45, 7) is 6.82. The molecule has 1 aromatic heterocycles. The molecule has 0 amide bonds. The standard InChI is InChI=1S/C31H42BrN3.CH4/c1-23-7-6-10-25(19-23)28(15-18-34(2)27-13-16-33-17-14-27)30-22-35(21-24-8-4-3-5-9-24)31-12-11-26(32)20-29(30)31;/h6-7,10-12,19-20,22,24,27-28,33H,3-5,8-9,13-18,21H2,1-2H3;1H4. The van der Waals surface area contributed by atoms with E-state index in [1.165, 1.54) is 77.0 Å². The summed E-state index contributed by atoms with van der Waals surface area (Å²) in [5, 5.41) is 4.94. The van der Waals surface area contributed by atoms with E-state index in [-0.39, 0.29) is 7.43 Å². The second-order valence-electron chi connectivity index (χ2n) is 11.1. The van der Waals surface area contributed by atoms with E-state index in [4.69, 9.17) is 0 Å². The highest BCUT2D eigenvalue weighted by molar-refractivity contribution is 9.10. The van der Waals surface area contributed by atoms with Crippen LogP contribution in [0.15, 0.2) is 53.1 Å². The van der Waals surface area contributed by atoms with Crippen molar-refractivity contribution in [1.29, 1.82) is 0 Å². The van der Waals surface area contributed by atoms with E-state index in [1.807, 2.05) is 0 Å². The van der Waals surface area contributed by atoms with Gasteiger partial charge in [0.2, 0.25) is 0 Å². The van der Waals surface area contributed by atoms with Crippen molar-refractivity contribution in [3.8, 4) is 0 Å². The summed E-state index contributed by atoms with van der Waals surface area (Å²) in [5.74, 6) is 1.22. The molecule has 196 valence electrons. The number of hydrogen-bond donors (Lipinski definition) is 1. The van der Waals surface area contributed by atoms with Crippen molar-refractivity contribution in [3.63, 3.8) is 0 Å². The zero-order chi connectivity index (χ0) is 24.2. The van der Waals surface area contributed by atoms with Crippen LogP contribution in [0.1, 0.15) is 81.4 Å². The number of piperidine rings is 1. The van der Waals surface area contributed by atoms with Crippen LogP contribution in [0.4, 0.5) is 0 Å². The summed E-state index contributed by atoms with van der Waals surface area (Å²) in [6.07, 6.45) is 13.2. The van der Waals surface area contributed by atoms with Gasteiger partial charge >= 0.3 is 0 Å². The van der Waals surface area contributed by atoms with Crippen molar-refractivity contribution in [2.24, 2.45) is 5.92 Å². The first-order valence-corrected chi connectivity index (χ1v) is 14.6. The molecule has 5 rings (SSSR count). The molecule has 1 saturated heterocycles. The van der Waals surface area contributed by atoms with E-state index in [0.717, 1.165) is 38.5 Å². The van der Waals surface area contributed by atoms with Crippen LogP contribution in [0.3, 0.4) is 0 Å². The Morgan fingerprint density at radius 2 is 1.81 bits per heavy atom. The van der Waals surface area contributed by atoms with Gasteiger partial charge in [-0.1, -0.05) is 72.4 Å². The monoisotopic (exact) mass is 551 g/mol. The predicted octanol–water partition coefficient (Wildman–Crippen LogP) is 8.13. The lowest BCUT2D eigenvalue weighted by Crippen LogP contribution is -2.41. The molecule has 2 aromatic carbocycles. The van der Waals surface area contributed by atoms with Crippen LogP contribution in [0.25, 0.3) is 10.9 Å². The summed E-state index contributed by atoms with van der Waals surface area (Å²) in [6, 6.07) is 16.9. The van der Waals surface area contributed by atoms with E-state index < -0.39 is 0 Å². The van der Waals surface area contributed by atoms with Crippen LogP contribution in [0, 0.1) is 12.8 Å². The number of nitrogens with one attached hydrogen (secondary N) is 1. The van der Waals surface area contributed by atoms with E-state index in [2.05, 4.69) is 93.3 Å². The molecule has 3 aromatic rings. The molecule has 0 bridgehead atoms. The Morgan fingerprint density at radius 1 is 1.03 bits per heavy atom. The number of aryl methyl sites for hydroxylation is 1. The third-order valence-corrected chi connectivity index (χ3v) is 9.07. The fourth-order valence-corrected chi connectivity index (χ4v) is 6.89. The van der Waals surface area contributed by atoms with Crippen molar-refractivity contribution in [3.05, 3.63) is 69.8 Å².